The maximum Gasteiger partial charge on any atom is 0.243 e. The van der Waals surface area contributed by atoms with E-state index in [1.807, 2.05) is 46.8 Å². The minimum atomic E-state index is -3.48. The third-order valence-corrected chi connectivity index (χ3v) is 7.33. The molecule has 8 nitrogen and oxygen atoms in total. The fraction of sp³-hybridized carbons (Fsp3) is 0.611. The van der Waals surface area contributed by atoms with Crippen LogP contribution in [0.3, 0.4) is 0 Å². The van der Waals surface area contributed by atoms with E-state index in [-0.39, 0.29) is 5.54 Å². The van der Waals surface area contributed by atoms with Gasteiger partial charge in [0.15, 0.2) is 0 Å². The molecule has 28 heavy (non-hydrogen) atoms. The lowest BCUT2D eigenvalue weighted by molar-refractivity contribution is 0.143. The second-order valence-corrected chi connectivity index (χ2v) is 10.5. The summed E-state index contributed by atoms with van der Waals surface area (Å²) in [5.41, 5.74) is 1.61. The van der Waals surface area contributed by atoms with E-state index in [4.69, 9.17) is 12.2 Å². The Morgan fingerprint density at radius 2 is 1.71 bits per heavy atom. The van der Waals surface area contributed by atoms with Gasteiger partial charge >= 0.3 is 0 Å². The summed E-state index contributed by atoms with van der Waals surface area (Å²) < 4.78 is 31.6. The Morgan fingerprint density at radius 3 is 2.25 bits per heavy atom. The van der Waals surface area contributed by atoms with Crippen LogP contribution in [-0.4, -0.2) is 63.6 Å². The van der Waals surface area contributed by atoms with E-state index in [2.05, 4.69) is 15.3 Å². The summed E-state index contributed by atoms with van der Waals surface area (Å²) >= 11 is 5.48. The molecule has 0 aliphatic carbocycles. The molecule has 1 aliphatic rings. The lowest BCUT2D eigenvalue weighted by atomic mass is 10.1. The van der Waals surface area contributed by atoms with Crippen LogP contribution >= 0.6 is 12.2 Å². The molecule has 2 aromatic rings. The number of tetrazole rings is 1. The summed E-state index contributed by atoms with van der Waals surface area (Å²) in [6.07, 6.45) is 0. The Morgan fingerprint density at radius 1 is 1.07 bits per heavy atom. The van der Waals surface area contributed by atoms with Gasteiger partial charge in [0.25, 0.3) is 0 Å². The zero-order valence-corrected chi connectivity index (χ0v) is 18.7. The highest BCUT2D eigenvalue weighted by Gasteiger charge is 2.30. The molecule has 1 fully saturated rings. The molecule has 1 aromatic carbocycles. The molecule has 0 amide bonds. The number of piperazine rings is 1. The van der Waals surface area contributed by atoms with Crippen LogP contribution in [-0.2, 0) is 22.2 Å². The molecule has 2 heterocycles. The van der Waals surface area contributed by atoms with Crippen molar-refractivity contribution in [2.45, 2.75) is 51.7 Å². The standard InChI is InChI=1S/C18H28N6O2S2/c1-14-6-7-16(15(2)12-14)28(25,26)22-10-8-21(9-11-22)13-23-17(27)24(20-19-23)18(3,4)5/h6-7,12H,8-11,13H2,1-5H3. The number of sulfonamides is 1. The van der Waals surface area contributed by atoms with Gasteiger partial charge in [0.05, 0.1) is 17.1 Å². The highest BCUT2D eigenvalue weighted by molar-refractivity contribution is 7.89. The zero-order chi connectivity index (χ0) is 20.7. The molecule has 0 atom stereocenters. The van der Waals surface area contributed by atoms with Crippen molar-refractivity contribution < 1.29 is 8.42 Å². The molecule has 3 rings (SSSR count). The summed E-state index contributed by atoms with van der Waals surface area (Å²) in [5.74, 6) is 0. The molecule has 0 unspecified atom stereocenters. The topological polar surface area (TPSA) is 76.3 Å². The van der Waals surface area contributed by atoms with Crippen LogP contribution in [0.5, 0.6) is 0 Å². The molecule has 1 aliphatic heterocycles. The van der Waals surface area contributed by atoms with Crippen molar-refractivity contribution in [3.8, 4) is 0 Å². The minimum Gasteiger partial charge on any atom is -0.282 e. The quantitative estimate of drug-likeness (QED) is 0.700. The highest BCUT2D eigenvalue weighted by Crippen LogP contribution is 2.22. The number of benzene rings is 1. The van der Waals surface area contributed by atoms with Gasteiger partial charge in [0.1, 0.15) is 0 Å². The molecular weight excluding hydrogens is 396 g/mol. The first kappa shape index (κ1) is 21.1. The summed E-state index contributed by atoms with van der Waals surface area (Å²) in [6, 6.07) is 5.45. The zero-order valence-electron chi connectivity index (χ0n) is 17.1. The summed E-state index contributed by atoms with van der Waals surface area (Å²) in [4.78, 5) is 2.53. The van der Waals surface area contributed by atoms with E-state index in [9.17, 15) is 8.42 Å². The highest BCUT2D eigenvalue weighted by atomic mass is 32.2. The fourth-order valence-electron chi connectivity index (χ4n) is 3.31. The molecular formula is C18H28N6O2S2. The number of hydrogen-bond acceptors (Lipinski definition) is 6. The molecule has 0 bridgehead atoms. The number of aryl methyl sites for hydroxylation is 2. The van der Waals surface area contributed by atoms with Gasteiger partial charge in [0, 0.05) is 26.2 Å². The van der Waals surface area contributed by atoms with Crippen LogP contribution in [0.1, 0.15) is 31.9 Å². The molecule has 10 heteroatoms. The predicted octanol–water partition coefficient (Wildman–Crippen LogP) is 2.14. The van der Waals surface area contributed by atoms with Crippen molar-refractivity contribution >= 4 is 22.2 Å². The largest absolute Gasteiger partial charge is 0.282 e. The van der Waals surface area contributed by atoms with Crippen molar-refractivity contribution in [2.24, 2.45) is 0 Å². The van der Waals surface area contributed by atoms with Gasteiger partial charge in [-0.3, -0.25) is 4.90 Å². The fourth-order valence-corrected chi connectivity index (χ4v) is 5.35. The van der Waals surface area contributed by atoms with Gasteiger partial charge in [-0.05, 0) is 68.9 Å². The second kappa shape index (κ2) is 7.66. The van der Waals surface area contributed by atoms with Gasteiger partial charge < -0.3 is 0 Å². The second-order valence-electron chi connectivity index (χ2n) is 8.28. The Labute approximate surface area is 171 Å². The van der Waals surface area contributed by atoms with E-state index < -0.39 is 10.0 Å². The van der Waals surface area contributed by atoms with Gasteiger partial charge in [-0.2, -0.15) is 4.31 Å². The number of nitrogens with zero attached hydrogens (tertiary/aromatic N) is 6. The SMILES string of the molecule is Cc1ccc(S(=O)(=O)N2CCN(Cn3nnn(C(C)(C)C)c3=S)CC2)c(C)c1. The smallest absolute Gasteiger partial charge is 0.243 e. The average molecular weight is 425 g/mol. The third-order valence-electron chi connectivity index (χ3n) is 4.89. The lowest BCUT2D eigenvalue weighted by Crippen LogP contribution is -2.49. The van der Waals surface area contributed by atoms with Gasteiger partial charge in [-0.15, -0.1) is 0 Å². The van der Waals surface area contributed by atoms with Crippen LogP contribution < -0.4 is 0 Å². The maximum atomic E-state index is 13.0. The summed E-state index contributed by atoms with van der Waals surface area (Å²) in [6.45, 7) is 12.5. The van der Waals surface area contributed by atoms with E-state index in [1.54, 1.807) is 19.7 Å². The van der Waals surface area contributed by atoms with Crippen LogP contribution in [0, 0.1) is 18.6 Å². The first-order valence-electron chi connectivity index (χ1n) is 9.33. The van der Waals surface area contributed by atoms with Crippen molar-refractivity contribution in [1.29, 1.82) is 0 Å². The predicted molar refractivity (Wildman–Crippen MR) is 110 cm³/mol. The molecule has 1 saturated heterocycles. The molecule has 0 saturated carbocycles. The van der Waals surface area contributed by atoms with Crippen LogP contribution in [0.25, 0.3) is 0 Å². The van der Waals surface area contributed by atoms with Gasteiger partial charge in [-0.1, -0.05) is 17.7 Å². The number of hydrogen-bond donors (Lipinski definition) is 0. The maximum absolute atomic E-state index is 13.0. The van der Waals surface area contributed by atoms with Crippen molar-refractivity contribution in [2.75, 3.05) is 26.2 Å². The Balaban J connectivity index is 1.68. The lowest BCUT2D eigenvalue weighted by Gasteiger charge is -2.33. The molecule has 0 spiro atoms. The first-order chi connectivity index (χ1) is 13.0. The van der Waals surface area contributed by atoms with Gasteiger partial charge in [-0.25, -0.2) is 17.8 Å². The number of aromatic nitrogens is 4. The van der Waals surface area contributed by atoms with Crippen molar-refractivity contribution in [3.63, 3.8) is 0 Å². The van der Waals surface area contributed by atoms with Crippen LogP contribution in [0.2, 0.25) is 0 Å². The normalized spacial score (nSPS) is 17.2. The molecule has 0 N–H and O–H groups in total. The van der Waals surface area contributed by atoms with E-state index >= 15 is 0 Å². The first-order valence-corrected chi connectivity index (χ1v) is 11.2. The van der Waals surface area contributed by atoms with Crippen molar-refractivity contribution in [1.82, 2.24) is 29.0 Å². The van der Waals surface area contributed by atoms with Crippen molar-refractivity contribution in [3.05, 3.63) is 34.1 Å². The molecule has 1 aromatic heterocycles. The molecule has 154 valence electrons. The summed E-state index contributed by atoms with van der Waals surface area (Å²) in [5, 5.41) is 8.32. The van der Waals surface area contributed by atoms with Crippen LogP contribution in [0.4, 0.5) is 0 Å². The Kier molecular flexibility index (Phi) is 5.77. The average Bonchev–Trinajstić information content (AvgIpc) is 2.96. The third kappa shape index (κ3) is 4.19. The van der Waals surface area contributed by atoms with E-state index in [1.165, 1.54) is 0 Å². The number of rotatable bonds is 4. The van der Waals surface area contributed by atoms with Crippen LogP contribution in [0.15, 0.2) is 23.1 Å². The minimum absolute atomic E-state index is 0.228. The Hall–Kier alpha value is -1.62. The molecule has 0 radical (unpaired) electrons. The Bertz CT molecular complexity index is 1010. The van der Waals surface area contributed by atoms with Gasteiger partial charge in [0.2, 0.25) is 14.8 Å². The van der Waals surface area contributed by atoms with E-state index in [0.717, 1.165) is 11.1 Å². The summed E-state index contributed by atoms with van der Waals surface area (Å²) in [7, 11) is -3.48. The monoisotopic (exact) mass is 424 g/mol. The van der Waals surface area contributed by atoms with E-state index in [0.29, 0.717) is 42.5 Å².